The van der Waals surface area contributed by atoms with Gasteiger partial charge in [-0.2, -0.15) is 0 Å². The van der Waals surface area contributed by atoms with Gasteiger partial charge in [-0.05, 0) is 26.4 Å². The lowest BCUT2D eigenvalue weighted by atomic mass is 9.99. The first kappa shape index (κ1) is 24.5. The summed E-state index contributed by atoms with van der Waals surface area (Å²) in [6.45, 7) is 5.33. The van der Waals surface area contributed by atoms with Crippen molar-refractivity contribution in [3.63, 3.8) is 0 Å². The molecule has 198 valence electrons. The van der Waals surface area contributed by atoms with Crippen LogP contribution in [-0.2, 0) is 9.47 Å². The second kappa shape index (κ2) is 9.81. The highest BCUT2D eigenvalue weighted by Gasteiger charge is 2.47. The Labute approximate surface area is 212 Å². The number of pyridine rings is 1. The Morgan fingerprint density at radius 1 is 1.05 bits per heavy atom. The molecule has 0 aliphatic carbocycles. The van der Waals surface area contributed by atoms with Crippen molar-refractivity contribution in [3.05, 3.63) is 41.7 Å². The summed E-state index contributed by atoms with van der Waals surface area (Å²) < 4.78 is 68.4. The molecule has 2 aromatic heterocycles. The summed E-state index contributed by atoms with van der Waals surface area (Å²) in [4.78, 5) is 9.41. The molecular weight excluding hydrogens is 487 g/mol. The van der Waals surface area contributed by atoms with Gasteiger partial charge >= 0.3 is 0 Å². The maximum absolute atomic E-state index is 15.0. The van der Waals surface area contributed by atoms with Gasteiger partial charge in [-0.15, -0.1) is 0 Å². The Morgan fingerprint density at radius 2 is 1.84 bits per heavy atom. The van der Waals surface area contributed by atoms with Crippen molar-refractivity contribution < 1.29 is 32.1 Å². The maximum atomic E-state index is 15.0. The Hall–Kier alpha value is -2.82. The van der Waals surface area contributed by atoms with E-state index in [1.54, 1.807) is 6.07 Å². The van der Waals surface area contributed by atoms with E-state index in [9.17, 15) is 4.39 Å². The molecule has 3 fully saturated rings. The largest absolute Gasteiger partial charge is 0.493 e. The molecule has 6 rings (SSSR count). The minimum atomic E-state index is -0.935. The number of hydrogen-bond acceptors (Lipinski definition) is 6. The number of nitrogens with one attached hydrogen (secondary N) is 1. The Morgan fingerprint density at radius 3 is 2.62 bits per heavy atom. The van der Waals surface area contributed by atoms with Crippen LogP contribution in [-0.4, -0.2) is 73.1 Å². The smallest absolute Gasteiger partial charge is 0.193 e. The molecule has 0 bridgehead atoms. The zero-order valence-corrected chi connectivity index (χ0v) is 20.8. The molecule has 5 atom stereocenters. The summed E-state index contributed by atoms with van der Waals surface area (Å²) >= 11 is 0. The number of piperidine rings is 1. The summed E-state index contributed by atoms with van der Waals surface area (Å²) in [5.74, 6) is -1.71. The molecule has 1 unspecified atom stereocenters. The molecular formula is C27H30F3N3O4. The third-order valence-electron chi connectivity index (χ3n) is 7.53. The highest BCUT2D eigenvalue weighted by Crippen LogP contribution is 2.35. The third-order valence-corrected chi connectivity index (χ3v) is 7.53. The summed E-state index contributed by atoms with van der Waals surface area (Å²) in [6, 6.07) is 4.91. The number of halogens is 3. The molecule has 1 aromatic carbocycles. The van der Waals surface area contributed by atoms with Gasteiger partial charge in [0.25, 0.3) is 0 Å². The van der Waals surface area contributed by atoms with Crippen LogP contribution in [0.4, 0.5) is 13.2 Å². The van der Waals surface area contributed by atoms with E-state index in [1.807, 2.05) is 7.05 Å². The Bertz CT molecular complexity index is 1280. The molecule has 37 heavy (non-hydrogen) atoms. The molecule has 10 heteroatoms. The zero-order valence-electron chi connectivity index (χ0n) is 20.8. The van der Waals surface area contributed by atoms with Crippen LogP contribution in [0.5, 0.6) is 11.6 Å². The summed E-state index contributed by atoms with van der Waals surface area (Å²) in [6.07, 6.45) is 1.56. The fourth-order valence-corrected chi connectivity index (χ4v) is 5.65. The molecule has 0 spiro atoms. The first-order valence-electron chi connectivity index (χ1n) is 12.8. The molecule has 7 nitrogen and oxygen atoms in total. The average molecular weight is 518 g/mol. The third kappa shape index (κ3) is 4.78. The standard InChI is InChI=1S/C27H30F3N3O4/c1-14-11-35-27-22(13-36-26(14)27)37-23-9-21-20(31-23)8-19(30)25(32-21)24-17(28)6-16(7-18(24)29)34-12-15-4-3-5-33(2)10-15/h6-9,14-15,22,26-27,31H,3-5,10-13H2,1-2H3/t14-,15?,22-,26-,27-/m1/s1. The lowest BCUT2D eigenvalue weighted by molar-refractivity contribution is 0.0282. The number of rotatable bonds is 6. The van der Waals surface area contributed by atoms with Crippen molar-refractivity contribution in [1.29, 1.82) is 0 Å². The Balaban J connectivity index is 1.21. The molecule has 3 saturated heterocycles. The molecule has 0 radical (unpaired) electrons. The average Bonchev–Trinajstić information content (AvgIpc) is 3.54. The van der Waals surface area contributed by atoms with Crippen LogP contribution >= 0.6 is 0 Å². The van der Waals surface area contributed by atoms with Crippen molar-refractivity contribution in [2.45, 2.75) is 38.1 Å². The van der Waals surface area contributed by atoms with Gasteiger partial charge in [0.2, 0.25) is 0 Å². The van der Waals surface area contributed by atoms with E-state index in [4.69, 9.17) is 18.9 Å². The van der Waals surface area contributed by atoms with Crippen molar-refractivity contribution in [2.75, 3.05) is 40.0 Å². The molecule has 3 aliphatic rings. The molecule has 0 saturated carbocycles. The normalized spacial score (nSPS) is 28.1. The molecule has 1 N–H and O–H groups in total. The van der Waals surface area contributed by atoms with E-state index in [0.717, 1.165) is 44.1 Å². The Kier molecular flexibility index (Phi) is 6.50. The summed E-state index contributed by atoms with van der Waals surface area (Å²) in [5.41, 5.74) is -0.271. The van der Waals surface area contributed by atoms with E-state index in [-0.39, 0.29) is 30.0 Å². The fraction of sp³-hybridized carbons (Fsp3) is 0.519. The maximum Gasteiger partial charge on any atom is 0.193 e. The zero-order chi connectivity index (χ0) is 25.7. The number of nitrogens with zero attached hydrogens (tertiary/aromatic N) is 2. The molecule has 5 heterocycles. The quantitative estimate of drug-likeness (QED) is 0.518. The van der Waals surface area contributed by atoms with Crippen LogP contribution in [0, 0.1) is 29.3 Å². The number of likely N-dealkylation sites (tertiary alicyclic amines) is 1. The van der Waals surface area contributed by atoms with E-state index in [2.05, 4.69) is 21.8 Å². The monoisotopic (exact) mass is 517 g/mol. The van der Waals surface area contributed by atoms with Crippen molar-refractivity contribution in [2.24, 2.45) is 11.8 Å². The second-order valence-electron chi connectivity index (χ2n) is 10.5. The number of H-pyrrole nitrogens is 1. The lowest BCUT2D eigenvalue weighted by Gasteiger charge is -2.29. The van der Waals surface area contributed by atoms with Crippen LogP contribution < -0.4 is 9.47 Å². The number of ether oxygens (including phenoxy) is 4. The number of benzene rings is 1. The highest BCUT2D eigenvalue weighted by atomic mass is 19.1. The second-order valence-corrected chi connectivity index (χ2v) is 10.5. The number of hydrogen-bond donors (Lipinski definition) is 1. The summed E-state index contributed by atoms with van der Waals surface area (Å²) in [5, 5.41) is 0. The number of fused-ring (bicyclic) bond motifs is 2. The van der Waals surface area contributed by atoms with Gasteiger partial charge in [-0.1, -0.05) is 6.92 Å². The van der Waals surface area contributed by atoms with Gasteiger partial charge in [0, 0.05) is 42.6 Å². The van der Waals surface area contributed by atoms with Crippen molar-refractivity contribution in [3.8, 4) is 22.9 Å². The van der Waals surface area contributed by atoms with E-state index in [0.29, 0.717) is 42.7 Å². The summed E-state index contributed by atoms with van der Waals surface area (Å²) in [7, 11) is 2.04. The van der Waals surface area contributed by atoms with Crippen molar-refractivity contribution in [1.82, 2.24) is 14.9 Å². The van der Waals surface area contributed by atoms with E-state index >= 15 is 8.78 Å². The van der Waals surface area contributed by atoms with Gasteiger partial charge in [0.1, 0.15) is 29.2 Å². The number of aromatic amines is 1. The highest BCUT2D eigenvalue weighted by molar-refractivity contribution is 5.81. The fourth-order valence-electron chi connectivity index (χ4n) is 5.65. The van der Waals surface area contributed by atoms with Crippen LogP contribution in [0.25, 0.3) is 22.3 Å². The van der Waals surface area contributed by atoms with Crippen molar-refractivity contribution >= 4 is 11.0 Å². The van der Waals surface area contributed by atoms with Gasteiger partial charge in [0.05, 0.1) is 42.5 Å². The molecule has 0 amide bonds. The van der Waals surface area contributed by atoms with Gasteiger partial charge in [0.15, 0.2) is 17.8 Å². The van der Waals surface area contributed by atoms with Gasteiger partial charge in [-0.25, -0.2) is 18.2 Å². The topological polar surface area (TPSA) is 68.8 Å². The lowest BCUT2D eigenvalue weighted by Crippen LogP contribution is -2.34. The molecule has 3 aliphatic heterocycles. The van der Waals surface area contributed by atoms with E-state index in [1.165, 1.54) is 0 Å². The van der Waals surface area contributed by atoms with Crippen LogP contribution in [0.1, 0.15) is 19.8 Å². The van der Waals surface area contributed by atoms with Crippen LogP contribution in [0.3, 0.4) is 0 Å². The SMILES string of the molecule is C[C@@H]1CO[C@H]2[C@@H]1OC[C@H]2Oc1cc2nc(-c3c(F)cc(OCC4CCCN(C)C4)cc3F)c(F)cc2[nH]1. The molecule has 3 aromatic rings. The number of aromatic nitrogens is 2. The van der Waals surface area contributed by atoms with Crippen LogP contribution in [0.2, 0.25) is 0 Å². The van der Waals surface area contributed by atoms with E-state index < -0.39 is 28.7 Å². The van der Waals surface area contributed by atoms with Gasteiger partial charge in [-0.3, -0.25) is 0 Å². The predicted octanol–water partition coefficient (Wildman–Crippen LogP) is 4.55. The minimum absolute atomic E-state index is 0.0153. The first-order chi connectivity index (χ1) is 17.9. The predicted molar refractivity (Wildman–Crippen MR) is 130 cm³/mol. The van der Waals surface area contributed by atoms with Crippen LogP contribution in [0.15, 0.2) is 24.3 Å². The van der Waals surface area contributed by atoms with Gasteiger partial charge < -0.3 is 28.8 Å². The minimum Gasteiger partial charge on any atom is -0.493 e. The first-order valence-corrected chi connectivity index (χ1v) is 12.8.